The molecule has 1 saturated heterocycles. The van der Waals surface area contributed by atoms with Crippen molar-refractivity contribution >= 4 is 10.0 Å². The molecule has 1 saturated carbocycles. The van der Waals surface area contributed by atoms with Crippen LogP contribution in [-0.2, 0) is 21.4 Å². The highest BCUT2D eigenvalue weighted by Gasteiger charge is 2.42. The number of rotatable bonds is 5. The Morgan fingerprint density at radius 3 is 2.84 bits per heavy atom. The maximum absolute atomic E-state index is 12.2. The van der Waals surface area contributed by atoms with Crippen molar-refractivity contribution in [2.45, 2.75) is 42.9 Å². The molecule has 3 rings (SSSR count). The molecule has 3 N–H and O–H groups in total. The molecule has 0 amide bonds. The van der Waals surface area contributed by atoms with Gasteiger partial charge in [-0.3, -0.25) is 0 Å². The van der Waals surface area contributed by atoms with E-state index in [4.69, 9.17) is 9.84 Å². The number of aliphatic hydroxyl groups excluding tert-OH is 1. The Morgan fingerprint density at radius 1 is 1.42 bits per heavy atom. The minimum absolute atomic E-state index is 0.0195. The zero-order valence-corrected chi connectivity index (χ0v) is 11.3. The molecule has 1 aromatic heterocycles. The quantitative estimate of drug-likeness (QED) is 0.728. The van der Waals surface area contributed by atoms with Crippen LogP contribution < -0.4 is 4.72 Å². The molecule has 1 aromatic rings. The third-order valence-electron chi connectivity index (χ3n) is 3.73. The van der Waals surface area contributed by atoms with E-state index in [2.05, 4.69) is 9.71 Å². The van der Waals surface area contributed by atoms with E-state index in [9.17, 15) is 8.42 Å². The first kappa shape index (κ1) is 13.1. The summed E-state index contributed by atoms with van der Waals surface area (Å²) in [5.74, 6) is 0.509. The number of hydrogen-bond donors (Lipinski definition) is 3. The molecule has 0 radical (unpaired) electrons. The minimum Gasteiger partial charge on any atom is -0.390 e. The van der Waals surface area contributed by atoms with Gasteiger partial charge in [-0.2, -0.15) is 0 Å². The minimum atomic E-state index is -3.54. The van der Waals surface area contributed by atoms with Gasteiger partial charge in [-0.25, -0.2) is 13.1 Å². The van der Waals surface area contributed by atoms with Gasteiger partial charge in [-0.15, -0.1) is 0 Å². The largest absolute Gasteiger partial charge is 0.390 e. The van der Waals surface area contributed by atoms with Gasteiger partial charge in [-0.05, 0) is 31.2 Å². The molecule has 1 aliphatic heterocycles. The predicted octanol–water partition coefficient (Wildman–Crippen LogP) is 0.353. The highest BCUT2D eigenvalue weighted by Crippen LogP contribution is 2.39. The highest BCUT2D eigenvalue weighted by atomic mass is 32.2. The third-order valence-corrected chi connectivity index (χ3v) is 5.20. The van der Waals surface area contributed by atoms with E-state index in [1.165, 1.54) is 12.3 Å². The van der Waals surface area contributed by atoms with E-state index in [0.717, 1.165) is 19.3 Å². The molecular weight excluding hydrogens is 268 g/mol. The summed E-state index contributed by atoms with van der Waals surface area (Å²) in [6.45, 7) is 0.413. The van der Waals surface area contributed by atoms with Crippen molar-refractivity contribution in [3.63, 3.8) is 0 Å². The van der Waals surface area contributed by atoms with Gasteiger partial charge >= 0.3 is 0 Å². The first-order valence-corrected chi connectivity index (χ1v) is 8.00. The van der Waals surface area contributed by atoms with E-state index in [0.29, 0.717) is 18.2 Å². The van der Waals surface area contributed by atoms with Gasteiger partial charge in [0, 0.05) is 18.5 Å². The summed E-state index contributed by atoms with van der Waals surface area (Å²) in [6, 6.07) is 1.31. The lowest BCUT2D eigenvalue weighted by Crippen LogP contribution is -2.41. The summed E-state index contributed by atoms with van der Waals surface area (Å²) < 4.78 is 32.8. The average Bonchev–Trinajstić information content (AvgIpc) is 2.92. The van der Waals surface area contributed by atoms with Crippen LogP contribution in [-0.4, -0.2) is 37.3 Å². The van der Waals surface area contributed by atoms with Crippen molar-refractivity contribution in [1.29, 1.82) is 0 Å². The summed E-state index contributed by atoms with van der Waals surface area (Å²) >= 11 is 0. The second-order valence-electron chi connectivity index (χ2n) is 5.21. The normalized spacial score (nSPS) is 27.8. The van der Waals surface area contributed by atoms with Gasteiger partial charge < -0.3 is 14.8 Å². The van der Waals surface area contributed by atoms with Gasteiger partial charge in [0.05, 0.1) is 23.6 Å². The van der Waals surface area contributed by atoms with Crippen LogP contribution in [0.25, 0.3) is 0 Å². The van der Waals surface area contributed by atoms with Crippen molar-refractivity contribution in [3.05, 3.63) is 18.0 Å². The maximum Gasteiger partial charge on any atom is 0.242 e. The smallest absolute Gasteiger partial charge is 0.242 e. The SMILES string of the molecule is O=S(=O)(NC1CCOC1C1CC1)c1c[nH]c(CO)c1. The Kier molecular flexibility index (Phi) is 3.38. The summed E-state index contributed by atoms with van der Waals surface area (Å²) in [5, 5.41) is 8.96. The van der Waals surface area contributed by atoms with Crippen LogP contribution in [0.3, 0.4) is 0 Å². The maximum atomic E-state index is 12.2. The van der Waals surface area contributed by atoms with Gasteiger partial charge in [0.2, 0.25) is 10.0 Å². The predicted molar refractivity (Wildman–Crippen MR) is 67.9 cm³/mol. The fourth-order valence-corrected chi connectivity index (χ4v) is 3.86. The molecule has 7 heteroatoms. The highest BCUT2D eigenvalue weighted by molar-refractivity contribution is 7.89. The monoisotopic (exact) mass is 286 g/mol. The number of aromatic amines is 1. The topological polar surface area (TPSA) is 91.4 Å². The van der Waals surface area contributed by atoms with Crippen LogP contribution in [0.2, 0.25) is 0 Å². The molecule has 6 nitrogen and oxygen atoms in total. The lowest BCUT2D eigenvalue weighted by Gasteiger charge is -2.18. The van der Waals surface area contributed by atoms with Crippen LogP contribution >= 0.6 is 0 Å². The second kappa shape index (κ2) is 4.90. The molecular formula is C12H18N2O4S. The number of sulfonamides is 1. The molecule has 2 heterocycles. The van der Waals surface area contributed by atoms with E-state index in [1.54, 1.807) is 0 Å². The number of aliphatic hydroxyl groups is 1. The Morgan fingerprint density at radius 2 is 2.21 bits per heavy atom. The zero-order chi connectivity index (χ0) is 13.5. The molecule has 1 aliphatic carbocycles. The summed E-state index contributed by atoms with van der Waals surface area (Å²) in [6.07, 6.45) is 4.39. The van der Waals surface area contributed by atoms with Crippen molar-refractivity contribution in [2.75, 3.05) is 6.61 Å². The molecule has 0 bridgehead atoms. The van der Waals surface area contributed by atoms with Crippen molar-refractivity contribution in [3.8, 4) is 0 Å². The molecule has 0 spiro atoms. The number of H-pyrrole nitrogens is 1. The zero-order valence-electron chi connectivity index (χ0n) is 10.5. The molecule has 2 aliphatic rings. The average molecular weight is 286 g/mol. The lowest BCUT2D eigenvalue weighted by molar-refractivity contribution is 0.0848. The third kappa shape index (κ3) is 2.69. The lowest BCUT2D eigenvalue weighted by atomic mass is 10.1. The fraction of sp³-hybridized carbons (Fsp3) is 0.667. The van der Waals surface area contributed by atoms with Crippen LogP contribution in [0, 0.1) is 5.92 Å². The first-order valence-electron chi connectivity index (χ1n) is 6.52. The summed E-state index contributed by atoms with van der Waals surface area (Å²) in [4.78, 5) is 2.90. The van der Waals surface area contributed by atoms with E-state index in [1.807, 2.05) is 0 Å². The van der Waals surface area contributed by atoms with Gasteiger partial charge in [-0.1, -0.05) is 0 Å². The van der Waals surface area contributed by atoms with Crippen LogP contribution in [0.4, 0.5) is 0 Å². The summed E-state index contributed by atoms with van der Waals surface area (Å²) in [5.41, 5.74) is 0.488. The van der Waals surface area contributed by atoms with Crippen molar-refractivity contribution in [1.82, 2.24) is 9.71 Å². The fourth-order valence-electron chi connectivity index (χ4n) is 2.56. The number of hydrogen-bond acceptors (Lipinski definition) is 4. The van der Waals surface area contributed by atoms with E-state index >= 15 is 0 Å². The van der Waals surface area contributed by atoms with Crippen molar-refractivity contribution in [2.24, 2.45) is 5.92 Å². The molecule has 2 atom stereocenters. The number of aromatic nitrogens is 1. The first-order chi connectivity index (χ1) is 9.10. The standard InChI is InChI=1S/C12H18N2O4S/c15-7-9-5-10(6-13-9)19(16,17)14-11-3-4-18-12(11)8-1-2-8/h5-6,8,11-15H,1-4,7H2. The van der Waals surface area contributed by atoms with Gasteiger partial charge in [0.1, 0.15) is 0 Å². The van der Waals surface area contributed by atoms with Gasteiger partial charge in [0.25, 0.3) is 0 Å². The molecule has 0 aromatic carbocycles. The Hall–Kier alpha value is -0.890. The second-order valence-corrected chi connectivity index (χ2v) is 6.92. The van der Waals surface area contributed by atoms with Crippen molar-refractivity contribution < 1.29 is 18.3 Å². The van der Waals surface area contributed by atoms with E-state index in [-0.39, 0.29) is 23.6 Å². The van der Waals surface area contributed by atoms with Crippen LogP contribution in [0.5, 0.6) is 0 Å². The molecule has 19 heavy (non-hydrogen) atoms. The van der Waals surface area contributed by atoms with Gasteiger partial charge in [0.15, 0.2) is 0 Å². The van der Waals surface area contributed by atoms with Crippen LogP contribution in [0.1, 0.15) is 25.0 Å². The molecule has 2 fully saturated rings. The van der Waals surface area contributed by atoms with Crippen LogP contribution in [0.15, 0.2) is 17.2 Å². The number of nitrogens with one attached hydrogen (secondary N) is 2. The molecule has 106 valence electrons. The summed E-state index contributed by atoms with van der Waals surface area (Å²) in [7, 11) is -3.54. The Bertz CT molecular complexity index is 550. The Balaban J connectivity index is 1.73. The molecule has 2 unspecified atom stereocenters. The Labute approximate surface area is 112 Å². The van der Waals surface area contributed by atoms with E-state index < -0.39 is 10.0 Å². The number of ether oxygens (including phenoxy) is 1.